The quantitative estimate of drug-likeness (QED) is 0.521. The Morgan fingerprint density at radius 1 is 1.00 bits per heavy atom. The molecule has 0 saturated heterocycles. The maximum Gasteiger partial charge on any atom is 0.408 e. The Morgan fingerprint density at radius 3 is 2.35 bits per heavy atom. The Kier molecular flexibility index (Phi) is 6.35. The predicted molar refractivity (Wildman–Crippen MR) is 108 cm³/mol. The lowest BCUT2D eigenvalue weighted by Gasteiger charge is -2.34. The second kappa shape index (κ2) is 8.52. The van der Waals surface area contributed by atoms with E-state index in [0.29, 0.717) is 16.7 Å². The molecular formula is C21H20F5N2O2S+. The van der Waals surface area contributed by atoms with Crippen molar-refractivity contribution in [3.8, 4) is 0 Å². The highest BCUT2D eigenvalue weighted by atomic mass is 32.2. The van der Waals surface area contributed by atoms with Gasteiger partial charge in [0.2, 0.25) is 0 Å². The average Bonchev–Trinajstić information content (AvgIpc) is 2.69. The van der Waals surface area contributed by atoms with E-state index in [9.17, 15) is 30.4 Å². The molecule has 0 saturated carbocycles. The zero-order chi connectivity index (χ0) is 22.9. The molecule has 1 unspecified atom stereocenters. The summed E-state index contributed by atoms with van der Waals surface area (Å²) in [7, 11) is -4.78. The van der Waals surface area contributed by atoms with Gasteiger partial charge in [-0.3, -0.25) is 0 Å². The Morgan fingerprint density at radius 2 is 1.71 bits per heavy atom. The van der Waals surface area contributed by atoms with E-state index in [2.05, 4.69) is 0 Å². The Bertz CT molecular complexity index is 1140. The molecule has 0 aliphatic carbocycles. The zero-order valence-corrected chi connectivity index (χ0v) is 17.1. The largest absolute Gasteiger partial charge is 0.408 e. The summed E-state index contributed by atoms with van der Waals surface area (Å²) in [6, 6.07) is 9.40. The van der Waals surface area contributed by atoms with Crippen LogP contribution in [-0.4, -0.2) is 33.4 Å². The van der Waals surface area contributed by atoms with E-state index in [1.807, 2.05) is 0 Å². The Balaban J connectivity index is 2.08. The van der Waals surface area contributed by atoms with Gasteiger partial charge in [-0.25, -0.2) is 8.78 Å². The van der Waals surface area contributed by atoms with Crippen molar-refractivity contribution in [1.82, 2.24) is 3.89 Å². The lowest BCUT2D eigenvalue weighted by Crippen LogP contribution is -2.54. The van der Waals surface area contributed by atoms with Crippen LogP contribution in [0.2, 0.25) is 0 Å². The summed E-state index contributed by atoms with van der Waals surface area (Å²) in [4.78, 5) is 0. The predicted octanol–water partition coefficient (Wildman–Crippen LogP) is 4.17. The number of alkyl halides is 3. The van der Waals surface area contributed by atoms with E-state index in [0.717, 1.165) is 12.1 Å². The van der Waals surface area contributed by atoms with E-state index in [1.54, 1.807) is 12.1 Å². The maximum atomic E-state index is 13.5. The summed E-state index contributed by atoms with van der Waals surface area (Å²) in [5, 5.41) is 0. The second-order valence-corrected chi connectivity index (χ2v) is 9.33. The van der Waals surface area contributed by atoms with Crippen LogP contribution in [0.15, 0.2) is 66.4 Å². The number of halogens is 5. The van der Waals surface area contributed by atoms with Gasteiger partial charge in [0, 0.05) is 24.3 Å². The first-order valence-corrected chi connectivity index (χ1v) is 10.9. The molecule has 0 aromatic heterocycles. The molecule has 1 heterocycles. The van der Waals surface area contributed by atoms with Gasteiger partial charge in [0.05, 0.1) is 0 Å². The van der Waals surface area contributed by atoms with Gasteiger partial charge in [0.1, 0.15) is 12.7 Å². The monoisotopic (exact) mass is 459 g/mol. The van der Waals surface area contributed by atoms with Crippen molar-refractivity contribution in [1.29, 1.82) is 0 Å². The molecule has 0 fully saturated rings. The maximum absolute atomic E-state index is 13.5. The minimum Gasteiger partial charge on any atom is -0.326 e. The van der Waals surface area contributed by atoms with Crippen LogP contribution in [0.3, 0.4) is 0 Å². The van der Waals surface area contributed by atoms with E-state index < -0.39 is 37.5 Å². The lowest BCUT2D eigenvalue weighted by molar-refractivity contribution is -0.106. The number of hydrogen-bond donors (Lipinski definition) is 1. The Hall–Kier alpha value is -2.56. The van der Waals surface area contributed by atoms with Crippen molar-refractivity contribution in [2.45, 2.75) is 12.6 Å². The van der Waals surface area contributed by atoms with Gasteiger partial charge in [-0.1, -0.05) is 24.3 Å². The van der Waals surface area contributed by atoms with Gasteiger partial charge < -0.3 is 5.73 Å². The van der Waals surface area contributed by atoms with Crippen LogP contribution in [0.1, 0.15) is 11.1 Å². The first-order chi connectivity index (χ1) is 14.5. The molecule has 1 aliphatic heterocycles. The third kappa shape index (κ3) is 5.03. The molecule has 0 bridgehead atoms. The van der Waals surface area contributed by atoms with Gasteiger partial charge in [0.15, 0.2) is 23.1 Å². The van der Waals surface area contributed by atoms with Gasteiger partial charge >= 0.3 is 16.2 Å². The zero-order valence-electron chi connectivity index (χ0n) is 16.2. The molecule has 2 aromatic carbocycles. The Labute approximate surface area is 176 Å². The van der Waals surface area contributed by atoms with Crippen LogP contribution in [0.4, 0.5) is 27.6 Å². The summed E-state index contributed by atoms with van der Waals surface area (Å²) in [6.07, 6.45) is -0.528. The molecule has 166 valence electrons. The van der Waals surface area contributed by atoms with Crippen molar-refractivity contribution in [2.24, 2.45) is 5.73 Å². The van der Waals surface area contributed by atoms with Crippen LogP contribution in [0.5, 0.6) is 0 Å². The minimum absolute atomic E-state index is 0.0490. The van der Waals surface area contributed by atoms with E-state index in [-0.39, 0.29) is 25.2 Å². The summed E-state index contributed by atoms with van der Waals surface area (Å²) in [5.41, 5.74) is 7.05. The minimum atomic E-state index is -4.93. The molecule has 3 rings (SSSR count). The fourth-order valence-electron chi connectivity index (χ4n) is 3.49. The first-order valence-electron chi connectivity index (χ1n) is 9.25. The fourth-order valence-corrected chi connectivity index (χ4v) is 5.18. The molecule has 0 radical (unpaired) electrons. The molecule has 0 spiro atoms. The highest BCUT2D eigenvalue weighted by Gasteiger charge is 2.50. The number of sulfonamides is 1. The molecule has 1 atom stereocenters. The van der Waals surface area contributed by atoms with Crippen molar-refractivity contribution in [3.63, 3.8) is 0 Å². The molecule has 4 nitrogen and oxygen atoms in total. The topological polar surface area (TPSA) is 60.2 Å². The molecule has 2 aromatic rings. The highest BCUT2D eigenvalue weighted by molar-refractivity contribution is 7.91. The van der Waals surface area contributed by atoms with E-state index in [4.69, 9.17) is 5.73 Å². The third-order valence-electron chi connectivity index (χ3n) is 4.90. The molecule has 2 N–H and O–H groups in total. The first kappa shape index (κ1) is 23.1. The van der Waals surface area contributed by atoms with E-state index in [1.165, 1.54) is 36.5 Å². The van der Waals surface area contributed by atoms with Crippen LogP contribution in [-0.2, 0) is 16.4 Å². The smallest absolute Gasteiger partial charge is 0.326 e. The summed E-state index contributed by atoms with van der Waals surface area (Å²) in [5.74, 6) is -4.03. The number of quaternary nitrogens is 1. The molecule has 0 amide bonds. The van der Waals surface area contributed by atoms with Gasteiger partial charge in [-0.05, 0) is 35.8 Å². The second-order valence-electron chi connectivity index (χ2n) is 7.23. The average molecular weight is 459 g/mol. The summed E-state index contributed by atoms with van der Waals surface area (Å²) >= 11 is 0. The third-order valence-corrected chi connectivity index (χ3v) is 7.05. The summed E-state index contributed by atoms with van der Waals surface area (Å²) < 4.78 is 90.8. The highest BCUT2D eigenvalue weighted by Crippen LogP contribution is 2.36. The summed E-state index contributed by atoms with van der Waals surface area (Å²) in [6.45, 7) is -0.289. The normalized spacial score (nSPS) is 19.4. The number of rotatable bonds is 6. The van der Waals surface area contributed by atoms with Gasteiger partial charge in [0.25, 0.3) is 0 Å². The van der Waals surface area contributed by atoms with Crippen LogP contribution >= 0.6 is 0 Å². The van der Waals surface area contributed by atoms with Crippen molar-refractivity contribution in [3.05, 3.63) is 89.2 Å². The van der Waals surface area contributed by atoms with Crippen molar-refractivity contribution < 1.29 is 30.4 Å². The molecular weight excluding hydrogens is 439 g/mol. The molecule has 31 heavy (non-hydrogen) atoms. The van der Waals surface area contributed by atoms with Crippen LogP contribution in [0, 0.1) is 11.6 Å². The van der Waals surface area contributed by atoms with Gasteiger partial charge in [-0.2, -0.15) is 25.5 Å². The molecule has 1 aliphatic rings. The number of hydrogen-bond acceptors (Lipinski definition) is 3. The standard InChI is InChI=1S/C21H20F5N2O2S/c22-19-7-6-16(11-20(19)23)9-15-3-1-5-18(10-15)28(8-2-4-17(12-27)13-28)31(29,30)14-21(24,25)26/h1-7,10-11,13H,8-9,12,14,27H2/q+1. The van der Waals surface area contributed by atoms with Crippen molar-refractivity contribution >= 4 is 15.7 Å². The SMILES string of the molecule is NCC1=C[N+](c2cccc(Cc3ccc(F)c(F)c3)c2)(S(=O)(=O)CC(F)(F)F)CC=C1. The number of nitrogens with zero attached hydrogens (tertiary/aromatic N) is 1. The van der Waals surface area contributed by atoms with E-state index >= 15 is 0 Å². The van der Waals surface area contributed by atoms with Crippen LogP contribution < -0.4 is 9.62 Å². The van der Waals surface area contributed by atoms with Crippen LogP contribution in [0.25, 0.3) is 0 Å². The lowest BCUT2D eigenvalue weighted by atomic mass is 10.0. The van der Waals surface area contributed by atoms with Crippen molar-refractivity contribution in [2.75, 3.05) is 18.8 Å². The number of benzene rings is 2. The number of nitrogens with two attached hydrogens (primary N) is 1. The fraction of sp³-hybridized carbons (Fsp3) is 0.238. The molecule has 10 heteroatoms. The van der Waals surface area contributed by atoms with Gasteiger partial charge in [-0.15, -0.1) is 0 Å².